The summed E-state index contributed by atoms with van der Waals surface area (Å²) >= 11 is 6.69. The second-order valence-electron chi connectivity index (χ2n) is 11.1. The summed E-state index contributed by atoms with van der Waals surface area (Å²) < 4.78 is 11.3. The molecule has 4 heterocycles. The topological polar surface area (TPSA) is 104 Å². The Morgan fingerprint density at radius 1 is 1.24 bits per heavy atom. The minimum absolute atomic E-state index is 0.203. The third-order valence-corrected chi connectivity index (χ3v) is 7.52. The predicted molar refractivity (Wildman–Crippen MR) is 145 cm³/mol. The number of nitrogens with zero attached hydrogens (tertiary/aromatic N) is 4. The van der Waals surface area contributed by atoms with Crippen molar-refractivity contribution in [2.75, 3.05) is 36.5 Å². The van der Waals surface area contributed by atoms with Crippen LogP contribution in [0.2, 0.25) is 5.02 Å². The number of rotatable bonds is 5. The van der Waals surface area contributed by atoms with Crippen molar-refractivity contribution in [3.63, 3.8) is 0 Å². The Kier molecular flexibility index (Phi) is 7.02. The van der Waals surface area contributed by atoms with Gasteiger partial charge in [-0.05, 0) is 70.6 Å². The zero-order chi connectivity index (χ0) is 26.3. The number of piperidine rings is 1. The highest BCUT2D eigenvalue weighted by Crippen LogP contribution is 2.38. The average Bonchev–Trinajstić information content (AvgIpc) is 3.48. The number of nitrogens with one attached hydrogen (secondary N) is 2. The molecule has 2 bridgehead atoms. The van der Waals surface area contributed by atoms with Gasteiger partial charge in [-0.15, -0.1) is 0 Å². The number of aromatic nitrogens is 2. The highest BCUT2D eigenvalue weighted by molar-refractivity contribution is 6.32. The molecule has 198 valence electrons. The normalized spacial score (nSPS) is 21.9. The summed E-state index contributed by atoms with van der Waals surface area (Å²) in [6.07, 6.45) is 3.93. The summed E-state index contributed by atoms with van der Waals surface area (Å²) in [6.45, 7) is 10.3. The highest BCUT2D eigenvalue weighted by Gasteiger charge is 2.39. The number of ether oxygens (including phenoxy) is 2. The van der Waals surface area contributed by atoms with Gasteiger partial charge in [0.05, 0.1) is 18.8 Å². The van der Waals surface area contributed by atoms with Crippen LogP contribution >= 0.6 is 11.6 Å². The molecule has 2 unspecified atom stereocenters. The number of carbonyl (C=O) groups is 1. The van der Waals surface area contributed by atoms with Crippen molar-refractivity contribution in [2.24, 2.45) is 0 Å². The molecular weight excluding hydrogens is 492 g/mol. The van der Waals surface area contributed by atoms with E-state index in [2.05, 4.69) is 20.2 Å². The molecule has 3 fully saturated rings. The number of benzene rings is 1. The fourth-order valence-corrected chi connectivity index (χ4v) is 5.75. The van der Waals surface area contributed by atoms with Gasteiger partial charge in [0.1, 0.15) is 23.1 Å². The van der Waals surface area contributed by atoms with Gasteiger partial charge in [-0.3, -0.25) is 0 Å². The molecular formula is C27H35ClN6O3. The zero-order valence-corrected chi connectivity index (χ0v) is 22.6. The van der Waals surface area contributed by atoms with Crippen LogP contribution in [-0.4, -0.2) is 71.2 Å². The largest absolute Gasteiger partial charge is 0.444 e. The molecule has 2 atom stereocenters. The SMILES string of the molecule is Cc1nc(Nc2cc(C3CCN(C(=O)OC(C)(C)C)CC3)c(Cl)cc2C=N)cc(N2CC3CC2CO3)n1. The summed E-state index contributed by atoms with van der Waals surface area (Å²) in [7, 11) is 0. The maximum absolute atomic E-state index is 12.5. The lowest BCUT2D eigenvalue weighted by Crippen LogP contribution is -2.41. The number of likely N-dealkylation sites (tertiary alicyclic amines) is 1. The van der Waals surface area contributed by atoms with Gasteiger partial charge in [-0.25, -0.2) is 14.8 Å². The van der Waals surface area contributed by atoms with Crippen molar-refractivity contribution in [2.45, 2.75) is 70.6 Å². The van der Waals surface area contributed by atoms with E-state index in [9.17, 15) is 4.79 Å². The Balaban J connectivity index is 1.34. The molecule has 2 N–H and O–H groups in total. The first-order valence-electron chi connectivity index (χ1n) is 12.9. The average molecular weight is 527 g/mol. The quantitative estimate of drug-likeness (QED) is 0.511. The van der Waals surface area contributed by atoms with Gasteiger partial charge in [0, 0.05) is 48.2 Å². The Morgan fingerprint density at radius 3 is 2.62 bits per heavy atom. The maximum atomic E-state index is 12.5. The minimum Gasteiger partial charge on any atom is -0.444 e. The molecule has 9 nitrogen and oxygen atoms in total. The Labute approximate surface area is 223 Å². The van der Waals surface area contributed by atoms with E-state index in [0.29, 0.717) is 41.4 Å². The third kappa shape index (κ3) is 5.67. The summed E-state index contributed by atoms with van der Waals surface area (Å²) in [5.74, 6) is 2.46. The molecule has 2 aromatic rings. The summed E-state index contributed by atoms with van der Waals surface area (Å²) in [5, 5.41) is 12.0. The van der Waals surface area contributed by atoms with Crippen molar-refractivity contribution >= 4 is 41.2 Å². The van der Waals surface area contributed by atoms with Gasteiger partial charge in [-0.1, -0.05) is 11.6 Å². The van der Waals surface area contributed by atoms with E-state index in [1.165, 1.54) is 6.21 Å². The first-order valence-corrected chi connectivity index (χ1v) is 13.3. The van der Waals surface area contributed by atoms with Crippen LogP contribution in [0.15, 0.2) is 18.2 Å². The number of anilines is 3. The third-order valence-electron chi connectivity index (χ3n) is 7.19. The number of hydrogen-bond acceptors (Lipinski definition) is 8. The van der Waals surface area contributed by atoms with Crippen molar-refractivity contribution in [1.29, 1.82) is 5.41 Å². The number of carbonyl (C=O) groups excluding carboxylic acids is 1. The Morgan fingerprint density at radius 2 is 2.00 bits per heavy atom. The molecule has 1 aromatic heterocycles. The number of morpholine rings is 1. The van der Waals surface area contributed by atoms with Crippen LogP contribution in [0.4, 0.5) is 22.1 Å². The van der Waals surface area contributed by atoms with Crippen LogP contribution in [0.3, 0.4) is 0 Å². The second kappa shape index (κ2) is 10.1. The smallest absolute Gasteiger partial charge is 0.410 e. The molecule has 0 spiro atoms. The molecule has 0 radical (unpaired) electrons. The number of amides is 1. The van der Waals surface area contributed by atoms with E-state index in [1.807, 2.05) is 45.9 Å². The van der Waals surface area contributed by atoms with Gasteiger partial charge in [0.2, 0.25) is 0 Å². The number of hydrogen-bond donors (Lipinski definition) is 2. The van der Waals surface area contributed by atoms with Gasteiger partial charge in [-0.2, -0.15) is 0 Å². The predicted octanol–water partition coefficient (Wildman–Crippen LogP) is 5.27. The van der Waals surface area contributed by atoms with E-state index in [4.69, 9.17) is 26.5 Å². The van der Waals surface area contributed by atoms with Crippen molar-refractivity contribution in [3.8, 4) is 0 Å². The van der Waals surface area contributed by atoms with E-state index in [1.54, 1.807) is 4.90 Å². The maximum Gasteiger partial charge on any atom is 0.410 e. The molecule has 0 saturated carbocycles. The number of fused-ring (bicyclic) bond motifs is 2. The van der Waals surface area contributed by atoms with Gasteiger partial charge < -0.3 is 30.0 Å². The molecule has 3 aliphatic heterocycles. The molecule has 0 aliphatic carbocycles. The fraction of sp³-hybridized carbons (Fsp3) is 0.556. The van der Waals surface area contributed by atoms with Crippen LogP contribution in [-0.2, 0) is 9.47 Å². The lowest BCUT2D eigenvalue weighted by molar-refractivity contribution is 0.0205. The minimum atomic E-state index is -0.512. The number of halogens is 1. The Hall–Kier alpha value is -2.91. The summed E-state index contributed by atoms with van der Waals surface area (Å²) in [6, 6.07) is 6.19. The second-order valence-corrected chi connectivity index (χ2v) is 11.5. The fourth-order valence-electron chi connectivity index (χ4n) is 5.43. The molecule has 3 aliphatic rings. The summed E-state index contributed by atoms with van der Waals surface area (Å²) in [5.41, 5.74) is 1.96. The van der Waals surface area contributed by atoms with E-state index >= 15 is 0 Å². The molecule has 1 aromatic carbocycles. The van der Waals surface area contributed by atoms with Crippen LogP contribution < -0.4 is 10.2 Å². The lowest BCUT2D eigenvalue weighted by Gasteiger charge is -2.34. The van der Waals surface area contributed by atoms with Gasteiger partial charge in [0.25, 0.3) is 0 Å². The Bertz CT molecular complexity index is 1190. The highest BCUT2D eigenvalue weighted by atomic mass is 35.5. The monoisotopic (exact) mass is 526 g/mol. The molecule has 5 rings (SSSR count). The first-order chi connectivity index (χ1) is 17.6. The van der Waals surface area contributed by atoms with Crippen LogP contribution in [0.1, 0.15) is 62.9 Å². The zero-order valence-electron chi connectivity index (χ0n) is 21.9. The van der Waals surface area contributed by atoms with Crippen LogP contribution in [0.5, 0.6) is 0 Å². The van der Waals surface area contributed by atoms with E-state index in [-0.39, 0.29) is 18.1 Å². The van der Waals surface area contributed by atoms with Crippen LogP contribution in [0.25, 0.3) is 0 Å². The van der Waals surface area contributed by atoms with Gasteiger partial charge in [0.15, 0.2) is 0 Å². The van der Waals surface area contributed by atoms with E-state index < -0.39 is 5.60 Å². The number of aryl methyl sites for hydroxylation is 1. The van der Waals surface area contributed by atoms with Crippen molar-refractivity contribution in [3.05, 3.63) is 40.2 Å². The van der Waals surface area contributed by atoms with Crippen molar-refractivity contribution < 1.29 is 14.3 Å². The first kappa shape index (κ1) is 25.7. The standard InChI is InChI=1S/C27H35ClN6O3/c1-16-30-24(12-25(31-16)34-14-20-10-19(34)15-36-20)32-23-11-21(22(28)9-18(23)13-29)17-5-7-33(8-6-17)26(35)37-27(2,3)4/h9,11-13,17,19-20,29H,5-8,10,14-15H2,1-4H3,(H,30,31,32). The lowest BCUT2D eigenvalue weighted by atomic mass is 9.88. The van der Waals surface area contributed by atoms with Crippen LogP contribution in [0, 0.1) is 12.3 Å². The molecule has 37 heavy (non-hydrogen) atoms. The molecule has 1 amide bonds. The molecule has 10 heteroatoms. The van der Waals surface area contributed by atoms with E-state index in [0.717, 1.165) is 49.5 Å². The summed E-state index contributed by atoms with van der Waals surface area (Å²) in [4.78, 5) is 25.8. The van der Waals surface area contributed by atoms with Gasteiger partial charge >= 0.3 is 6.09 Å². The molecule has 3 saturated heterocycles. The van der Waals surface area contributed by atoms with Crippen molar-refractivity contribution in [1.82, 2.24) is 14.9 Å².